The zero-order chi connectivity index (χ0) is 46.1. The van der Waals surface area contributed by atoms with Crippen molar-refractivity contribution >= 4 is 45.6 Å². The highest BCUT2D eigenvalue weighted by Crippen LogP contribution is 2.35. The largest absolute Gasteiger partial charge is 0.487 e. The molecule has 0 saturated carbocycles. The van der Waals surface area contributed by atoms with Crippen LogP contribution in [0.4, 0.5) is 28.8 Å². The molecule has 8 rings (SSSR count). The van der Waals surface area contributed by atoms with Gasteiger partial charge >= 0.3 is 0 Å². The van der Waals surface area contributed by atoms with Crippen molar-refractivity contribution in [1.82, 2.24) is 34.7 Å². The molecule has 1 fully saturated rings. The zero-order valence-corrected chi connectivity index (χ0v) is 37.7. The molecular formula is C51H54N10O5. The lowest BCUT2D eigenvalue weighted by atomic mass is 10.1. The van der Waals surface area contributed by atoms with Gasteiger partial charge in [0.25, 0.3) is 5.91 Å². The second-order valence-corrected chi connectivity index (χ2v) is 15.5. The first-order valence-corrected chi connectivity index (χ1v) is 21.6. The number of carbonyl (C=O) groups excluding carboxylic acids is 1. The van der Waals surface area contributed by atoms with Gasteiger partial charge in [-0.25, -0.2) is 19.9 Å². The van der Waals surface area contributed by atoms with E-state index in [0.717, 1.165) is 77.4 Å². The number of rotatable bonds is 17. The number of nitrogens with zero attached hydrogens (tertiary/aromatic N) is 7. The van der Waals surface area contributed by atoms with E-state index in [1.165, 1.54) is 11.9 Å². The molecule has 0 radical (unpaired) electrons. The maximum absolute atomic E-state index is 12.9. The van der Waals surface area contributed by atoms with Crippen LogP contribution in [0.3, 0.4) is 0 Å². The Hall–Kier alpha value is -7.48. The van der Waals surface area contributed by atoms with Gasteiger partial charge in [-0.2, -0.15) is 0 Å². The summed E-state index contributed by atoms with van der Waals surface area (Å²) in [5, 5.41) is 10.4. The molecule has 15 nitrogen and oxygen atoms in total. The number of methoxy groups -OCH3 is 2. The molecule has 0 aliphatic carbocycles. The molecule has 4 heterocycles. The van der Waals surface area contributed by atoms with Gasteiger partial charge in [-0.05, 0) is 91.8 Å². The normalized spacial score (nSPS) is 12.7. The van der Waals surface area contributed by atoms with Crippen LogP contribution in [0.2, 0.25) is 0 Å². The summed E-state index contributed by atoms with van der Waals surface area (Å²) < 4.78 is 21.8. The average Bonchev–Trinajstić information content (AvgIpc) is 3.34. The summed E-state index contributed by atoms with van der Waals surface area (Å²) in [5.74, 6) is 4.78. The molecule has 15 heteroatoms. The van der Waals surface area contributed by atoms with E-state index in [-0.39, 0.29) is 5.91 Å². The van der Waals surface area contributed by atoms with Gasteiger partial charge in [0.15, 0.2) is 11.5 Å². The Balaban J connectivity index is 0.000000203. The second kappa shape index (κ2) is 23.4. The molecule has 4 aromatic carbocycles. The van der Waals surface area contributed by atoms with E-state index in [4.69, 9.17) is 25.4 Å². The van der Waals surface area contributed by atoms with E-state index in [2.05, 4.69) is 63.6 Å². The topological polar surface area (TPSA) is 161 Å². The van der Waals surface area contributed by atoms with Crippen molar-refractivity contribution in [3.8, 4) is 35.1 Å². The van der Waals surface area contributed by atoms with Crippen LogP contribution in [0.25, 0.3) is 22.2 Å². The Bertz CT molecular complexity index is 2720. The summed E-state index contributed by atoms with van der Waals surface area (Å²) in [6, 6.07) is 30.6. The van der Waals surface area contributed by atoms with E-state index in [1.807, 2.05) is 104 Å². The Labute approximate surface area is 385 Å². The van der Waals surface area contributed by atoms with Crippen LogP contribution >= 0.6 is 0 Å². The minimum absolute atomic E-state index is 0.143. The van der Waals surface area contributed by atoms with Gasteiger partial charge in [0.05, 0.1) is 24.4 Å². The standard InChI is InChI=1S/C29H31N7O.C22H23N3O4/c1-21-5-10-25(18-27(21)34-29-31-13-11-26(33-29)24-4-3-12-30-19-24)32-28(37)23-8-6-22(7-9-23)20-36-16-14-35(2)15-17-36;1-4-16-6-5-7-17(12-16)25-22-18-13-20(28-10-8-26-2)21(29-11-9-27-3)14-19(18)23-15-24-22/h3-13,18-19H,14-17,20H2,1-2H3,(H,32,37)(H,31,33,34);1,5-7,12-15H,8-11H2,2-3H3,(H,23,24,25). The number of ether oxygens (including phenoxy) is 4. The number of anilines is 5. The number of terminal acetylenes is 1. The molecule has 0 bridgehead atoms. The first-order valence-electron chi connectivity index (χ1n) is 21.6. The molecule has 66 heavy (non-hydrogen) atoms. The molecule has 1 amide bonds. The number of piperazine rings is 1. The predicted octanol–water partition coefficient (Wildman–Crippen LogP) is 8.00. The van der Waals surface area contributed by atoms with Gasteiger partial charge in [0.2, 0.25) is 5.95 Å². The molecule has 338 valence electrons. The number of aromatic nitrogens is 5. The molecule has 3 aromatic heterocycles. The van der Waals surface area contributed by atoms with Gasteiger partial charge in [-0.3, -0.25) is 14.7 Å². The number of pyridine rings is 1. The van der Waals surface area contributed by atoms with Crippen LogP contribution < -0.4 is 25.4 Å². The van der Waals surface area contributed by atoms with E-state index >= 15 is 0 Å². The van der Waals surface area contributed by atoms with Crippen molar-refractivity contribution in [2.24, 2.45) is 0 Å². The third-order valence-electron chi connectivity index (χ3n) is 10.7. The number of hydrogen-bond donors (Lipinski definition) is 3. The highest BCUT2D eigenvalue weighted by molar-refractivity contribution is 6.04. The van der Waals surface area contributed by atoms with Gasteiger partial charge in [-0.15, -0.1) is 6.42 Å². The van der Waals surface area contributed by atoms with Crippen LogP contribution in [0.1, 0.15) is 27.0 Å². The lowest BCUT2D eigenvalue weighted by molar-refractivity contribution is 0.102. The number of amides is 1. The Kier molecular flexibility index (Phi) is 16.5. The number of fused-ring (bicyclic) bond motifs is 1. The molecule has 1 aliphatic rings. The van der Waals surface area contributed by atoms with Crippen LogP contribution in [0.5, 0.6) is 11.5 Å². The van der Waals surface area contributed by atoms with E-state index in [9.17, 15) is 4.79 Å². The summed E-state index contributed by atoms with van der Waals surface area (Å²) >= 11 is 0. The van der Waals surface area contributed by atoms with E-state index in [0.29, 0.717) is 60.9 Å². The lowest BCUT2D eigenvalue weighted by Crippen LogP contribution is -2.43. The first kappa shape index (κ1) is 46.5. The second-order valence-electron chi connectivity index (χ2n) is 15.5. The van der Waals surface area contributed by atoms with Crippen LogP contribution in [-0.4, -0.2) is 115 Å². The highest BCUT2D eigenvalue weighted by atomic mass is 16.5. The number of benzene rings is 4. The van der Waals surface area contributed by atoms with Crippen molar-refractivity contribution in [3.63, 3.8) is 0 Å². The van der Waals surface area contributed by atoms with Crippen molar-refractivity contribution < 1.29 is 23.7 Å². The maximum Gasteiger partial charge on any atom is 0.255 e. The van der Waals surface area contributed by atoms with Crippen molar-refractivity contribution in [1.29, 1.82) is 0 Å². The fourth-order valence-corrected chi connectivity index (χ4v) is 6.96. The number of likely N-dealkylation sites (N-methyl/N-ethyl adjacent to an activating group) is 1. The Morgan fingerprint density at radius 2 is 1.55 bits per heavy atom. The van der Waals surface area contributed by atoms with Crippen molar-refractivity contribution in [2.75, 3.05) is 89.8 Å². The fourth-order valence-electron chi connectivity index (χ4n) is 6.96. The van der Waals surface area contributed by atoms with E-state index in [1.54, 1.807) is 32.8 Å². The van der Waals surface area contributed by atoms with Gasteiger partial charge in [0.1, 0.15) is 25.4 Å². The minimum atomic E-state index is -0.143. The molecule has 7 aromatic rings. The van der Waals surface area contributed by atoms with Crippen molar-refractivity contribution in [2.45, 2.75) is 13.5 Å². The third kappa shape index (κ3) is 13.1. The average molecular weight is 887 g/mol. The monoisotopic (exact) mass is 886 g/mol. The first-order chi connectivity index (χ1) is 32.3. The highest BCUT2D eigenvalue weighted by Gasteiger charge is 2.16. The maximum atomic E-state index is 12.9. The summed E-state index contributed by atoms with van der Waals surface area (Å²) in [6.07, 6.45) is 12.2. The minimum Gasteiger partial charge on any atom is -0.487 e. The predicted molar refractivity (Wildman–Crippen MR) is 259 cm³/mol. The summed E-state index contributed by atoms with van der Waals surface area (Å²) in [4.78, 5) is 39.6. The summed E-state index contributed by atoms with van der Waals surface area (Å²) in [5.41, 5.74) is 8.43. The molecule has 1 aliphatic heterocycles. The lowest BCUT2D eigenvalue weighted by Gasteiger charge is -2.32. The molecular weight excluding hydrogens is 833 g/mol. The van der Waals surface area contributed by atoms with Gasteiger partial charge in [0, 0.05) is 111 Å². The Morgan fingerprint density at radius 1 is 0.773 bits per heavy atom. The van der Waals surface area contributed by atoms with E-state index < -0.39 is 0 Å². The summed E-state index contributed by atoms with van der Waals surface area (Å²) in [6.45, 7) is 8.96. The molecule has 1 saturated heterocycles. The molecule has 0 unspecified atom stereocenters. The SMILES string of the molecule is C#Cc1cccc(Nc2ncnc3cc(OCCOC)c(OCCOC)cc23)c1.Cc1ccc(NC(=O)c2ccc(CN3CCN(C)CC3)cc2)cc1Nc1nccc(-c2cccnc2)n1. The Morgan fingerprint density at radius 3 is 2.27 bits per heavy atom. The number of carbonyl (C=O) groups is 1. The third-order valence-corrected chi connectivity index (χ3v) is 10.7. The summed E-state index contributed by atoms with van der Waals surface area (Å²) in [7, 11) is 5.41. The zero-order valence-electron chi connectivity index (χ0n) is 37.7. The molecule has 3 N–H and O–H groups in total. The van der Waals surface area contributed by atoms with Crippen molar-refractivity contribution in [3.05, 3.63) is 144 Å². The van der Waals surface area contributed by atoms with Gasteiger partial charge < -0.3 is 39.8 Å². The molecule has 0 atom stereocenters. The van der Waals surface area contributed by atoms with Crippen LogP contribution in [0.15, 0.2) is 122 Å². The number of hydrogen-bond acceptors (Lipinski definition) is 14. The quantitative estimate of drug-likeness (QED) is 0.0596. The van der Waals surface area contributed by atoms with Gasteiger partial charge in [-0.1, -0.05) is 30.2 Å². The number of aryl methyl sites for hydroxylation is 1. The molecule has 0 spiro atoms. The fraction of sp³-hybridized carbons (Fsp3) is 0.255. The number of nitrogens with one attached hydrogen (secondary N) is 3. The van der Waals surface area contributed by atoms with Crippen LogP contribution in [0, 0.1) is 19.3 Å². The van der Waals surface area contributed by atoms with Crippen LogP contribution in [-0.2, 0) is 16.0 Å². The smallest absolute Gasteiger partial charge is 0.255 e.